The van der Waals surface area contributed by atoms with Gasteiger partial charge < -0.3 is 9.30 Å². The molecule has 0 unspecified atom stereocenters. The van der Waals surface area contributed by atoms with E-state index in [9.17, 15) is 18.0 Å². The van der Waals surface area contributed by atoms with Crippen LogP contribution in [0.2, 0.25) is 0 Å². The number of sulfonamides is 1. The van der Waals surface area contributed by atoms with Crippen LogP contribution in [-0.2, 0) is 15.6 Å². The predicted molar refractivity (Wildman–Crippen MR) is 93.3 cm³/mol. The molecule has 0 radical (unpaired) electrons. The van der Waals surface area contributed by atoms with Crippen LogP contribution in [0.1, 0.15) is 31.1 Å². The van der Waals surface area contributed by atoms with E-state index < -0.39 is 27.0 Å². The Morgan fingerprint density at radius 3 is 2.44 bits per heavy atom. The third-order valence-electron chi connectivity index (χ3n) is 3.49. The number of pyridine rings is 1. The maximum absolute atomic E-state index is 12.5. The van der Waals surface area contributed by atoms with Crippen LogP contribution in [0, 0.1) is 0 Å². The predicted octanol–water partition coefficient (Wildman–Crippen LogP) is 1.73. The molecule has 0 atom stereocenters. The van der Waals surface area contributed by atoms with Crippen LogP contribution in [0.4, 0.5) is 0 Å². The number of carbonyl (C=O) groups excluding carboxylic acids is 1. The van der Waals surface area contributed by atoms with Crippen molar-refractivity contribution in [1.82, 2.24) is 9.29 Å². The number of hydrogen-bond acceptors (Lipinski definition) is 5. The number of nitrogens with one attached hydrogen (secondary N) is 1. The zero-order chi connectivity index (χ0) is 18.8. The molecule has 0 saturated carbocycles. The first-order valence-electron chi connectivity index (χ1n) is 7.49. The summed E-state index contributed by atoms with van der Waals surface area (Å²) in [5.74, 6) is -0.642. The second kappa shape index (κ2) is 6.72. The molecule has 25 heavy (non-hydrogen) atoms. The zero-order valence-electron chi connectivity index (χ0n) is 14.4. The van der Waals surface area contributed by atoms with Crippen molar-refractivity contribution in [2.75, 3.05) is 7.11 Å². The summed E-state index contributed by atoms with van der Waals surface area (Å²) >= 11 is 0. The van der Waals surface area contributed by atoms with Gasteiger partial charge in [0.1, 0.15) is 11.3 Å². The minimum absolute atomic E-state index is 0.132. The molecular formula is C17H20N2O5S. The molecule has 1 amide bonds. The highest BCUT2D eigenvalue weighted by atomic mass is 32.2. The van der Waals surface area contributed by atoms with Gasteiger partial charge in [0, 0.05) is 17.8 Å². The maximum atomic E-state index is 12.5. The van der Waals surface area contributed by atoms with Gasteiger partial charge in [-0.25, -0.2) is 13.1 Å². The molecule has 1 heterocycles. The second-order valence-electron chi connectivity index (χ2n) is 6.38. The third-order valence-corrected chi connectivity index (χ3v) is 4.82. The van der Waals surface area contributed by atoms with E-state index in [4.69, 9.17) is 4.74 Å². The number of benzene rings is 1. The summed E-state index contributed by atoms with van der Waals surface area (Å²) < 4.78 is 33.0. The zero-order valence-corrected chi connectivity index (χ0v) is 15.3. The Balaban J connectivity index is 2.38. The molecule has 0 spiro atoms. The van der Waals surface area contributed by atoms with Crippen molar-refractivity contribution in [3.63, 3.8) is 0 Å². The van der Waals surface area contributed by atoms with Crippen molar-refractivity contribution >= 4 is 15.9 Å². The fraction of sp³-hybridized carbons (Fsp3) is 0.294. The quantitative estimate of drug-likeness (QED) is 0.892. The van der Waals surface area contributed by atoms with Gasteiger partial charge in [-0.2, -0.15) is 0 Å². The second-order valence-corrected chi connectivity index (χ2v) is 8.06. The highest BCUT2D eigenvalue weighted by molar-refractivity contribution is 7.90. The van der Waals surface area contributed by atoms with Gasteiger partial charge >= 0.3 is 0 Å². The molecule has 0 bridgehead atoms. The van der Waals surface area contributed by atoms with E-state index in [0.29, 0.717) is 5.75 Å². The van der Waals surface area contributed by atoms with Crippen molar-refractivity contribution < 1.29 is 17.9 Å². The van der Waals surface area contributed by atoms with E-state index in [-0.39, 0.29) is 10.5 Å². The van der Waals surface area contributed by atoms with E-state index in [1.165, 1.54) is 42.0 Å². The molecule has 7 nitrogen and oxygen atoms in total. The van der Waals surface area contributed by atoms with Crippen molar-refractivity contribution in [2.45, 2.75) is 31.2 Å². The molecule has 0 aliphatic rings. The van der Waals surface area contributed by atoms with Crippen LogP contribution in [0.3, 0.4) is 0 Å². The average Bonchev–Trinajstić information content (AvgIpc) is 2.53. The van der Waals surface area contributed by atoms with Gasteiger partial charge in [-0.3, -0.25) is 9.59 Å². The summed E-state index contributed by atoms with van der Waals surface area (Å²) in [7, 11) is -2.73. The molecule has 1 aromatic carbocycles. The highest BCUT2D eigenvalue weighted by Gasteiger charge is 2.23. The minimum atomic E-state index is -4.13. The monoisotopic (exact) mass is 364 g/mol. The third kappa shape index (κ3) is 4.08. The van der Waals surface area contributed by atoms with E-state index >= 15 is 0 Å². The minimum Gasteiger partial charge on any atom is -0.497 e. The maximum Gasteiger partial charge on any atom is 0.270 e. The first-order valence-corrected chi connectivity index (χ1v) is 8.98. The van der Waals surface area contributed by atoms with Crippen LogP contribution in [0.5, 0.6) is 5.75 Å². The summed E-state index contributed by atoms with van der Waals surface area (Å²) in [6.45, 7) is 5.43. The smallest absolute Gasteiger partial charge is 0.270 e. The van der Waals surface area contributed by atoms with Gasteiger partial charge in [0.2, 0.25) is 0 Å². The van der Waals surface area contributed by atoms with Crippen molar-refractivity contribution in [3.8, 4) is 5.75 Å². The average molecular weight is 364 g/mol. The number of aromatic nitrogens is 1. The Bertz CT molecular complexity index is 955. The molecule has 134 valence electrons. The lowest BCUT2D eigenvalue weighted by molar-refractivity contribution is 0.0979. The Kier molecular flexibility index (Phi) is 5.03. The number of carbonyl (C=O) groups is 1. The summed E-state index contributed by atoms with van der Waals surface area (Å²) in [6, 6.07) is 8.51. The van der Waals surface area contributed by atoms with Gasteiger partial charge in [0.05, 0.1) is 12.0 Å². The normalized spacial score (nSPS) is 11.8. The molecule has 2 rings (SSSR count). The fourth-order valence-electron chi connectivity index (χ4n) is 2.20. The molecule has 0 aliphatic carbocycles. The molecule has 1 aromatic heterocycles. The van der Waals surface area contributed by atoms with Crippen LogP contribution in [0.25, 0.3) is 0 Å². The standard InChI is InChI=1S/C17H20N2O5S/c1-17(2,3)19-10-6-9-14(16(19)21)15(20)18-25(22,23)13-8-5-7-12(11-13)24-4/h5-11H,1-4H3,(H,18,20). The SMILES string of the molecule is COc1cccc(S(=O)(=O)NC(=O)c2cccn(C(C)(C)C)c2=O)c1. The van der Waals surface area contributed by atoms with Crippen LogP contribution in [-0.4, -0.2) is 26.0 Å². The fourth-order valence-corrected chi connectivity index (χ4v) is 3.20. The van der Waals surface area contributed by atoms with Gasteiger partial charge in [0.25, 0.3) is 21.5 Å². The Hall–Kier alpha value is -2.61. The summed E-state index contributed by atoms with van der Waals surface area (Å²) in [5.41, 5.74) is -1.35. The van der Waals surface area contributed by atoms with E-state index in [1.807, 2.05) is 25.5 Å². The molecule has 0 aliphatic heterocycles. The number of hydrogen-bond donors (Lipinski definition) is 1. The Morgan fingerprint density at radius 1 is 1.16 bits per heavy atom. The van der Waals surface area contributed by atoms with E-state index in [2.05, 4.69) is 0 Å². The van der Waals surface area contributed by atoms with Crippen molar-refractivity contribution in [3.05, 3.63) is 58.5 Å². The number of nitrogens with zero attached hydrogens (tertiary/aromatic N) is 1. The lowest BCUT2D eigenvalue weighted by Crippen LogP contribution is -2.40. The van der Waals surface area contributed by atoms with Crippen molar-refractivity contribution in [1.29, 1.82) is 0 Å². The Morgan fingerprint density at radius 2 is 1.84 bits per heavy atom. The number of ether oxygens (including phenoxy) is 1. The molecule has 0 saturated heterocycles. The number of amides is 1. The molecule has 8 heteroatoms. The molecular weight excluding hydrogens is 344 g/mol. The topological polar surface area (TPSA) is 94.5 Å². The van der Waals surface area contributed by atoms with Crippen LogP contribution in [0.15, 0.2) is 52.3 Å². The van der Waals surface area contributed by atoms with Gasteiger partial charge in [-0.05, 0) is 45.0 Å². The largest absolute Gasteiger partial charge is 0.497 e. The van der Waals surface area contributed by atoms with Crippen LogP contribution < -0.4 is 15.0 Å². The summed E-state index contributed by atoms with van der Waals surface area (Å²) in [6.07, 6.45) is 1.55. The first kappa shape index (κ1) is 18.7. The summed E-state index contributed by atoms with van der Waals surface area (Å²) in [5, 5.41) is 0. The lowest BCUT2D eigenvalue weighted by Gasteiger charge is -2.22. The number of methoxy groups -OCH3 is 1. The van der Waals surface area contributed by atoms with Gasteiger partial charge in [-0.1, -0.05) is 6.07 Å². The van der Waals surface area contributed by atoms with E-state index in [0.717, 1.165) is 0 Å². The lowest BCUT2D eigenvalue weighted by atomic mass is 10.1. The van der Waals surface area contributed by atoms with Crippen LogP contribution >= 0.6 is 0 Å². The Labute approximate surface area is 146 Å². The first-order chi connectivity index (χ1) is 11.6. The van der Waals surface area contributed by atoms with Gasteiger partial charge in [-0.15, -0.1) is 0 Å². The van der Waals surface area contributed by atoms with Gasteiger partial charge in [0.15, 0.2) is 0 Å². The highest BCUT2D eigenvalue weighted by Crippen LogP contribution is 2.17. The summed E-state index contributed by atoms with van der Waals surface area (Å²) in [4.78, 5) is 24.7. The molecule has 0 fully saturated rings. The molecule has 2 aromatic rings. The van der Waals surface area contributed by atoms with E-state index in [1.54, 1.807) is 12.3 Å². The van der Waals surface area contributed by atoms with Crippen molar-refractivity contribution in [2.24, 2.45) is 0 Å². The number of rotatable bonds is 4. The molecule has 1 N–H and O–H groups in total.